The third kappa shape index (κ3) is 3.80. The molecule has 0 radical (unpaired) electrons. The molecule has 0 heterocycles. The molecule has 1 amide bonds. The molecule has 0 aromatic heterocycles. The van der Waals surface area contributed by atoms with Crippen LogP contribution in [0.1, 0.15) is 30.7 Å². The lowest BCUT2D eigenvalue weighted by Crippen LogP contribution is -2.20. The molecule has 2 aromatic rings. The van der Waals surface area contributed by atoms with E-state index < -0.39 is 6.09 Å². The van der Waals surface area contributed by atoms with Gasteiger partial charge in [-0.25, -0.2) is 4.79 Å². The largest absolute Gasteiger partial charge is 0.446 e. The highest BCUT2D eigenvalue weighted by molar-refractivity contribution is 6.30. The van der Waals surface area contributed by atoms with Crippen LogP contribution in [-0.2, 0) is 4.74 Å². The summed E-state index contributed by atoms with van der Waals surface area (Å²) in [6, 6.07) is 17.4. The lowest BCUT2D eigenvalue weighted by molar-refractivity contribution is 0.113. The highest BCUT2D eigenvalue weighted by Crippen LogP contribution is 2.35. The number of anilines is 1. The number of amides is 1. The van der Waals surface area contributed by atoms with Crippen LogP contribution < -0.4 is 5.32 Å². The molecule has 114 valence electrons. The van der Waals surface area contributed by atoms with E-state index in [0.29, 0.717) is 16.6 Å². The molecular weight excluding hydrogens is 298 g/mol. The first-order valence-electron chi connectivity index (χ1n) is 7.49. The normalized spacial score (nSPS) is 20.6. The van der Waals surface area contributed by atoms with Crippen LogP contribution in [0, 0.1) is 0 Å². The molecule has 0 unspecified atom stereocenters. The van der Waals surface area contributed by atoms with Crippen molar-refractivity contribution >= 4 is 23.4 Å². The maximum absolute atomic E-state index is 11.9. The molecule has 2 aromatic carbocycles. The molecule has 1 saturated carbocycles. The van der Waals surface area contributed by atoms with Gasteiger partial charge in [-0.1, -0.05) is 41.9 Å². The molecule has 0 bridgehead atoms. The molecule has 0 spiro atoms. The first-order chi connectivity index (χ1) is 10.7. The Bertz CT molecular complexity index is 627. The first-order valence-corrected chi connectivity index (χ1v) is 7.86. The number of ether oxygens (including phenoxy) is 1. The van der Waals surface area contributed by atoms with Crippen LogP contribution in [0.2, 0.25) is 5.02 Å². The second-order valence-electron chi connectivity index (χ2n) is 5.58. The predicted molar refractivity (Wildman–Crippen MR) is 88.4 cm³/mol. The number of benzene rings is 2. The molecule has 2 atom stereocenters. The lowest BCUT2D eigenvalue weighted by Gasteiger charge is -2.14. The topological polar surface area (TPSA) is 38.3 Å². The molecule has 22 heavy (non-hydrogen) atoms. The highest BCUT2D eigenvalue weighted by atomic mass is 35.5. The molecule has 0 saturated heterocycles. The summed E-state index contributed by atoms with van der Waals surface area (Å²) >= 11 is 5.82. The van der Waals surface area contributed by atoms with E-state index in [0.717, 1.165) is 19.3 Å². The van der Waals surface area contributed by atoms with E-state index in [4.69, 9.17) is 16.3 Å². The maximum Gasteiger partial charge on any atom is 0.411 e. The summed E-state index contributed by atoms with van der Waals surface area (Å²) in [5.41, 5.74) is 2.01. The van der Waals surface area contributed by atoms with Gasteiger partial charge in [0, 0.05) is 10.7 Å². The third-order valence-electron chi connectivity index (χ3n) is 4.02. The SMILES string of the molecule is O=C(Nc1ccc(Cl)cc1)O[C@H]1CC[C@@H](c2ccccc2)C1. The van der Waals surface area contributed by atoms with Crippen LogP contribution in [0.25, 0.3) is 0 Å². The average Bonchev–Trinajstić information content (AvgIpc) is 2.99. The van der Waals surface area contributed by atoms with Crippen LogP contribution in [0.15, 0.2) is 54.6 Å². The summed E-state index contributed by atoms with van der Waals surface area (Å²) in [5.74, 6) is 0.481. The number of carbonyl (C=O) groups is 1. The molecule has 0 aliphatic heterocycles. The minimum Gasteiger partial charge on any atom is -0.446 e. The molecular formula is C18H18ClNO2. The zero-order chi connectivity index (χ0) is 15.4. The Hall–Kier alpha value is -2.00. The van der Waals surface area contributed by atoms with Gasteiger partial charge in [-0.2, -0.15) is 0 Å². The monoisotopic (exact) mass is 315 g/mol. The Labute approximate surface area is 135 Å². The molecule has 3 rings (SSSR count). The van der Waals surface area contributed by atoms with Crippen molar-refractivity contribution in [3.05, 3.63) is 65.2 Å². The Morgan fingerprint density at radius 1 is 1.05 bits per heavy atom. The van der Waals surface area contributed by atoms with Crippen molar-refractivity contribution in [3.63, 3.8) is 0 Å². The van der Waals surface area contributed by atoms with Crippen LogP contribution in [0.4, 0.5) is 10.5 Å². The molecule has 3 nitrogen and oxygen atoms in total. The van der Waals surface area contributed by atoms with E-state index in [1.54, 1.807) is 24.3 Å². The fourth-order valence-corrected chi connectivity index (χ4v) is 3.03. The third-order valence-corrected chi connectivity index (χ3v) is 4.27. The van der Waals surface area contributed by atoms with Crippen molar-refractivity contribution < 1.29 is 9.53 Å². The molecule has 1 fully saturated rings. The second-order valence-corrected chi connectivity index (χ2v) is 6.02. The lowest BCUT2D eigenvalue weighted by atomic mass is 9.98. The fourth-order valence-electron chi connectivity index (χ4n) is 2.91. The van der Waals surface area contributed by atoms with Gasteiger partial charge >= 0.3 is 6.09 Å². The van der Waals surface area contributed by atoms with E-state index in [-0.39, 0.29) is 6.10 Å². The van der Waals surface area contributed by atoms with Gasteiger partial charge < -0.3 is 4.74 Å². The molecule has 1 aliphatic rings. The number of hydrogen-bond acceptors (Lipinski definition) is 2. The number of carbonyl (C=O) groups excluding carboxylic acids is 1. The standard InChI is InChI=1S/C18H18ClNO2/c19-15-7-9-16(10-8-15)20-18(21)22-17-11-6-14(12-17)13-4-2-1-3-5-13/h1-5,7-10,14,17H,6,11-12H2,(H,20,21)/t14-,17+/m1/s1. The van der Waals surface area contributed by atoms with Gasteiger partial charge in [0.2, 0.25) is 0 Å². The summed E-state index contributed by atoms with van der Waals surface area (Å²) in [5, 5.41) is 3.37. The summed E-state index contributed by atoms with van der Waals surface area (Å²) < 4.78 is 5.51. The van der Waals surface area contributed by atoms with Crippen LogP contribution in [0.3, 0.4) is 0 Å². The second kappa shape index (κ2) is 6.84. The smallest absolute Gasteiger partial charge is 0.411 e. The zero-order valence-electron chi connectivity index (χ0n) is 12.2. The van der Waals surface area contributed by atoms with Gasteiger partial charge in [0.05, 0.1) is 0 Å². The van der Waals surface area contributed by atoms with E-state index in [2.05, 4.69) is 29.6 Å². The van der Waals surface area contributed by atoms with Crippen LogP contribution in [-0.4, -0.2) is 12.2 Å². The van der Waals surface area contributed by atoms with Gasteiger partial charge in [0.15, 0.2) is 0 Å². The number of nitrogens with one attached hydrogen (secondary N) is 1. The summed E-state index contributed by atoms with van der Waals surface area (Å²) in [4.78, 5) is 11.9. The Balaban J connectivity index is 1.51. The minimum absolute atomic E-state index is 0.0162. The summed E-state index contributed by atoms with van der Waals surface area (Å²) in [7, 11) is 0. The Morgan fingerprint density at radius 3 is 2.50 bits per heavy atom. The van der Waals surface area contributed by atoms with Crippen LogP contribution >= 0.6 is 11.6 Å². The number of hydrogen-bond donors (Lipinski definition) is 1. The van der Waals surface area contributed by atoms with Crippen molar-refractivity contribution in [2.75, 3.05) is 5.32 Å². The molecule has 1 N–H and O–H groups in total. The average molecular weight is 316 g/mol. The van der Waals surface area contributed by atoms with Crippen molar-refractivity contribution in [1.29, 1.82) is 0 Å². The minimum atomic E-state index is -0.402. The van der Waals surface area contributed by atoms with E-state index in [1.807, 2.05) is 6.07 Å². The number of rotatable bonds is 3. The number of halogens is 1. The van der Waals surface area contributed by atoms with Crippen molar-refractivity contribution in [3.8, 4) is 0 Å². The van der Waals surface area contributed by atoms with Gasteiger partial charge in [-0.3, -0.25) is 5.32 Å². The van der Waals surface area contributed by atoms with E-state index in [1.165, 1.54) is 5.56 Å². The fraction of sp³-hybridized carbons (Fsp3) is 0.278. The summed E-state index contributed by atoms with van der Waals surface area (Å²) in [6.45, 7) is 0. The predicted octanol–water partition coefficient (Wildman–Crippen LogP) is 5.22. The first kappa shape index (κ1) is 14.9. The quantitative estimate of drug-likeness (QED) is 0.842. The van der Waals surface area contributed by atoms with Gasteiger partial charge in [0.25, 0.3) is 0 Å². The Kier molecular flexibility index (Phi) is 4.64. The van der Waals surface area contributed by atoms with Gasteiger partial charge in [-0.05, 0) is 55.0 Å². The molecule has 4 heteroatoms. The van der Waals surface area contributed by atoms with Crippen molar-refractivity contribution in [1.82, 2.24) is 0 Å². The Morgan fingerprint density at radius 2 is 1.77 bits per heavy atom. The van der Waals surface area contributed by atoms with Gasteiger partial charge in [-0.15, -0.1) is 0 Å². The summed E-state index contributed by atoms with van der Waals surface area (Å²) in [6.07, 6.45) is 2.44. The zero-order valence-corrected chi connectivity index (χ0v) is 12.9. The maximum atomic E-state index is 11.9. The molecule has 1 aliphatic carbocycles. The van der Waals surface area contributed by atoms with E-state index >= 15 is 0 Å². The van der Waals surface area contributed by atoms with Crippen molar-refractivity contribution in [2.45, 2.75) is 31.3 Å². The van der Waals surface area contributed by atoms with Gasteiger partial charge in [0.1, 0.15) is 6.10 Å². The van der Waals surface area contributed by atoms with E-state index in [9.17, 15) is 4.79 Å². The highest BCUT2D eigenvalue weighted by Gasteiger charge is 2.28. The van der Waals surface area contributed by atoms with Crippen LogP contribution in [0.5, 0.6) is 0 Å². The van der Waals surface area contributed by atoms with Crippen molar-refractivity contribution in [2.24, 2.45) is 0 Å².